The quantitative estimate of drug-likeness (QED) is 0.823. The number of ether oxygens (including phenoxy) is 1. The number of aliphatic carboxylic acids is 1. The predicted molar refractivity (Wildman–Crippen MR) is 93.3 cm³/mol. The second-order valence-corrected chi connectivity index (χ2v) is 7.32. The number of hydrogen-bond donors (Lipinski definition) is 2. The highest BCUT2D eigenvalue weighted by Crippen LogP contribution is 2.40. The molecule has 1 aromatic heterocycles. The van der Waals surface area contributed by atoms with E-state index in [1.54, 1.807) is 12.2 Å². The number of aryl methyl sites for hydroxylation is 1. The number of nitrogens with zero attached hydrogens (tertiary/aromatic N) is 1. The molecule has 4 atom stereocenters. The number of fused-ring (bicyclic) bond motifs is 2. The van der Waals surface area contributed by atoms with Crippen molar-refractivity contribution in [1.82, 2.24) is 4.98 Å². The summed E-state index contributed by atoms with van der Waals surface area (Å²) in [6, 6.07) is 9.72. The molecular weight excluding hydrogens is 340 g/mol. The highest BCUT2D eigenvalue weighted by atomic mass is 32.1. The third-order valence-electron chi connectivity index (χ3n) is 4.56. The Labute approximate surface area is 148 Å². The minimum atomic E-state index is -1.02. The minimum Gasteiger partial charge on any atom is -0.481 e. The molecule has 4 rings (SSSR count). The smallest absolute Gasteiger partial charge is 0.310 e. The summed E-state index contributed by atoms with van der Waals surface area (Å²) in [5, 5.41) is 12.7. The van der Waals surface area contributed by atoms with Crippen LogP contribution >= 0.6 is 11.3 Å². The van der Waals surface area contributed by atoms with Crippen molar-refractivity contribution in [3.05, 3.63) is 47.4 Å². The van der Waals surface area contributed by atoms with Gasteiger partial charge >= 0.3 is 5.97 Å². The fourth-order valence-corrected chi connectivity index (χ4v) is 4.26. The van der Waals surface area contributed by atoms with E-state index in [-0.39, 0.29) is 5.91 Å². The summed E-state index contributed by atoms with van der Waals surface area (Å²) in [6.45, 7) is 1.94. The van der Waals surface area contributed by atoms with Gasteiger partial charge in [-0.05, 0) is 6.92 Å². The molecule has 1 fully saturated rings. The lowest BCUT2D eigenvalue weighted by Crippen LogP contribution is -2.39. The van der Waals surface area contributed by atoms with E-state index in [1.807, 2.05) is 37.3 Å². The zero-order valence-electron chi connectivity index (χ0n) is 13.4. The number of carboxylic acid groups (broad SMARTS) is 1. The van der Waals surface area contributed by atoms with E-state index < -0.39 is 30.0 Å². The summed E-state index contributed by atoms with van der Waals surface area (Å²) in [6.07, 6.45) is 2.46. The number of hydrogen-bond acceptors (Lipinski definition) is 5. The van der Waals surface area contributed by atoms with Gasteiger partial charge in [-0.3, -0.25) is 9.59 Å². The van der Waals surface area contributed by atoms with Crippen LogP contribution in [-0.2, 0) is 14.3 Å². The SMILES string of the molecule is Cc1sc(NC(=O)[C@H]2[C@@H](C(=O)O)[C@@H]3C=C[C@H]2O3)nc1-c1ccccc1. The van der Waals surface area contributed by atoms with Crippen molar-refractivity contribution >= 4 is 28.3 Å². The molecule has 0 radical (unpaired) electrons. The Bertz CT molecular complexity index is 861. The van der Waals surface area contributed by atoms with E-state index in [0.717, 1.165) is 16.1 Å². The number of nitrogens with one attached hydrogen (secondary N) is 1. The Balaban J connectivity index is 1.56. The van der Waals surface area contributed by atoms with Crippen LogP contribution in [-0.4, -0.2) is 34.2 Å². The normalized spacial score (nSPS) is 26.8. The molecule has 2 bridgehead atoms. The monoisotopic (exact) mass is 356 g/mol. The number of anilines is 1. The summed E-state index contributed by atoms with van der Waals surface area (Å²) in [7, 11) is 0. The van der Waals surface area contributed by atoms with Crippen LogP contribution in [0.15, 0.2) is 42.5 Å². The van der Waals surface area contributed by atoms with Crippen LogP contribution in [0.1, 0.15) is 4.88 Å². The first kappa shape index (κ1) is 16.0. The van der Waals surface area contributed by atoms with Crippen LogP contribution in [0.3, 0.4) is 0 Å². The average molecular weight is 356 g/mol. The van der Waals surface area contributed by atoms with Crippen molar-refractivity contribution in [3.63, 3.8) is 0 Å². The van der Waals surface area contributed by atoms with Gasteiger partial charge in [0, 0.05) is 10.4 Å². The van der Waals surface area contributed by atoms with Gasteiger partial charge in [0.1, 0.15) is 5.92 Å². The van der Waals surface area contributed by atoms with Gasteiger partial charge in [-0.15, -0.1) is 11.3 Å². The number of aromatic nitrogens is 1. The zero-order valence-corrected chi connectivity index (χ0v) is 14.2. The van der Waals surface area contributed by atoms with Crippen LogP contribution in [0, 0.1) is 18.8 Å². The molecular formula is C18H16N2O4S. The van der Waals surface area contributed by atoms with E-state index in [1.165, 1.54) is 11.3 Å². The lowest BCUT2D eigenvalue weighted by atomic mass is 9.82. The van der Waals surface area contributed by atoms with E-state index in [4.69, 9.17) is 4.74 Å². The fraction of sp³-hybridized carbons (Fsp3) is 0.278. The van der Waals surface area contributed by atoms with Crippen LogP contribution in [0.5, 0.6) is 0 Å². The fourth-order valence-electron chi connectivity index (χ4n) is 3.42. The molecule has 25 heavy (non-hydrogen) atoms. The maximum atomic E-state index is 12.7. The molecule has 1 aromatic carbocycles. The van der Waals surface area contributed by atoms with Crippen molar-refractivity contribution in [1.29, 1.82) is 0 Å². The Hall–Kier alpha value is -2.51. The van der Waals surface area contributed by atoms with Crippen molar-refractivity contribution < 1.29 is 19.4 Å². The summed E-state index contributed by atoms with van der Waals surface area (Å²) < 4.78 is 5.55. The van der Waals surface area contributed by atoms with Crippen LogP contribution in [0.2, 0.25) is 0 Å². The van der Waals surface area contributed by atoms with E-state index in [2.05, 4.69) is 10.3 Å². The molecule has 128 valence electrons. The van der Waals surface area contributed by atoms with Gasteiger partial charge in [0.15, 0.2) is 5.13 Å². The molecule has 3 heterocycles. The van der Waals surface area contributed by atoms with Gasteiger partial charge < -0.3 is 15.2 Å². The van der Waals surface area contributed by atoms with Crippen LogP contribution in [0.4, 0.5) is 5.13 Å². The second kappa shape index (κ2) is 6.09. The second-order valence-electron chi connectivity index (χ2n) is 6.12. The number of thiazole rings is 1. The molecule has 2 N–H and O–H groups in total. The summed E-state index contributed by atoms with van der Waals surface area (Å²) >= 11 is 1.38. The van der Waals surface area contributed by atoms with Crippen molar-refractivity contribution in [2.75, 3.05) is 5.32 Å². The molecule has 0 aliphatic carbocycles. The molecule has 0 saturated carbocycles. The van der Waals surface area contributed by atoms with Crippen molar-refractivity contribution in [2.24, 2.45) is 11.8 Å². The highest BCUT2D eigenvalue weighted by Gasteiger charge is 2.53. The van der Waals surface area contributed by atoms with E-state index in [9.17, 15) is 14.7 Å². The predicted octanol–water partition coefficient (Wildman–Crippen LogP) is 2.71. The van der Waals surface area contributed by atoms with Crippen molar-refractivity contribution in [2.45, 2.75) is 19.1 Å². The first-order valence-corrected chi connectivity index (χ1v) is 8.76. The molecule has 2 aliphatic rings. The largest absolute Gasteiger partial charge is 0.481 e. The molecule has 7 heteroatoms. The van der Waals surface area contributed by atoms with Gasteiger partial charge in [0.05, 0.1) is 23.8 Å². The van der Waals surface area contributed by atoms with Gasteiger partial charge in [-0.1, -0.05) is 42.5 Å². The summed E-state index contributed by atoms with van der Waals surface area (Å²) in [5.41, 5.74) is 1.80. The van der Waals surface area contributed by atoms with Gasteiger partial charge in [0.2, 0.25) is 5.91 Å². The molecule has 1 amide bonds. The average Bonchev–Trinajstić information content (AvgIpc) is 3.29. The summed E-state index contributed by atoms with van der Waals surface area (Å²) in [4.78, 5) is 29.6. The number of rotatable bonds is 4. The van der Waals surface area contributed by atoms with Gasteiger partial charge in [-0.2, -0.15) is 0 Å². The standard InChI is InChI=1S/C18H16N2O4S/c1-9-15(10-5-3-2-4-6-10)19-18(25-9)20-16(21)13-11-7-8-12(24-11)14(13)17(22)23/h2-8,11-14H,1H3,(H,22,23)(H,19,20,21)/t11-,12+,13-,14+/m1/s1. The first-order valence-electron chi connectivity index (χ1n) is 7.95. The van der Waals surface area contributed by atoms with Crippen LogP contribution < -0.4 is 5.32 Å². The summed E-state index contributed by atoms with van der Waals surface area (Å²) in [5.74, 6) is -2.98. The van der Waals surface area contributed by atoms with Crippen molar-refractivity contribution in [3.8, 4) is 11.3 Å². The van der Waals surface area contributed by atoms with E-state index >= 15 is 0 Å². The van der Waals surface area contributed by atoms with Crippen LogP contribution in [0.25, 0.3) is 11.3 Å². The van der Waals surface area contributed by atoms with E-state index in [0.29, 0.717) is 5.13 Å². The Morgan fingerprint density at radius 2 is 1.84 bits per heavy atom. The molecule has 0 spiro atoms. The molecule has 6 nitrogen and oxygen atoms in total. The highest BCUT2D eigenvalue weighted by molar-refractivity contribution is 7.16. The maximum Gasteiger partial charge on any atom is 0.310 e. The number of carbonyl (C=O) groups is 2. The number of carbonyl (C=O) groups excluding carboxylic acids is 1. The Morgan fingerprint density at radius 1 is 1.16 bits per heavy atom. The topological polar surface area (TPSA) is 88.5 Å². The zero-order chi connectivity index (χ0) is 17.6. The lowest BCUT2D eigenvalue weighted by Gasteiger charge is -2.20. The first-order chi connectivity index (χ1) is 12.0. The lowest BCUT2D eigenvalue weighted by molar-refractivity contribution is -0.145. The minimum absolute atomic E-state index is 0.363. The molecule has 2 aromatic rings. The number of benzene rings is 1. The number of carboxylic acids is 1. The van der Waals surface area contributed by atoms with Gasteiger partial charge in [-0.25, -0.2) is 4.98 Å². The Kier molecular flexibility index (Phi) is 3.89. The molecule has 2 aliphatic heterocycles. The maximum absolute atomic E-state index is 12.7. The van der Waals surface area contributed by atoms with Gasteiger partial charge in [0.25, 0.3) is 0 Å². The number of amides is 1. The molecule has 1 saturated heterocycles. The Morgan fingerprint density at radius 3 is 2.52 bits per heavy atom. The third-order valence-corrected chi connectivity index (χ3v) is 5.45. The third kappa shape index (κ3) is 2.75. The molecule has 0 unspecified atom stereocenters.